The van der Waals surface area contributed by atoms with Gasteiger partial charge in [0.2, 0.25) is 0 Å². The van der Waals surface area contributed by atoms with Crippen LogP contribution in [0.5, 0.6) is 0 Å². The van der Waals surface area contributed by atoms with E-state index in [1.807, 2.05) is 48.5 Å². The first-order valence-corrected chi connectivity index (χ1v) is 9.94. The van der Waals surface area contributed by atoms with Crippen LogP contribution in [0.2, 0.25) is 5.02 Å². The van der Waals surface area contributed by atoms with Crippen molar-refractivity contribution in [3.8, 4) is 0 Å². The van der Waals surface area contributed by atoms with Crippen molar-refractivity contribution >= 4 is 59.1 Å². The van der Waals surface area contributed by atoms with Crippen LogP contribution in [0.1, 0.15) is 9.23 Å². The minimum absolute atomic E-state index is 0.0268. The fourth-order valence-electron chi connectivity index (χ4n) is 2.93. The van der Waals surface area contributed by atoms with Gasteiger partial charge in [-0.15, -0.1) is 0 Å². The summed E-state index contributed by atoms with van der Waals surface area (Å²) >= 11 is 6.22. The molecule has 1 heterocycles. The number of hydrogen-bond donors (Lipinski definition) is 0. The van der Waals surface area contributed by atoms with Crippen molar-refractivity contribution in [3.05, 3.63) is 88.3 Å². The van der Waals surface area contributed by atoms with E-state index in [1.165, 1.54) is 10.8 Å². The van der Waals surface area contributed by atoms with Gasteiger partial charge in [-0.3, -0.25) is 0 Å². The Morgan fingerprint density at radius 2 is 1.68 bits per heavy atom. The molecule has 0 bridgehead atoms. The maximum atomic E-state index is 11.2. The second-order valence-electron chi connectivity index (χ2n) is 5.61. The SMILES string of the molecule is O=Cc1ccc(N(c2cccc(Cl)c2)c2cccc3ccccc23)[se]1. The Balaban J connectivity index is 1.98. The van der Waals surface area contributed by atoms with Gasteiger partial charge in [0.15, 0.2) is 0 Å². The van der Waals surface area contributed by atoms with Gasteiger partial charge in [0.25, 0.3) is 0 Å². The van der Waals surface area contributed by atoms with Gasteiger partial charge in [-0.05, 0) is 0 Å². The van der Waals surface area contributed by atoms with Crippen molar-refractivity contribution in [2.75, 3.05) is 4.90 Å². The number of hydrogen-bond acceptors (Lipinski definition) is 2. The molecule has 4 heteroatoms. The summed E-state index contributed by atoms with van der Waals surface area (Å²) in [7, 11) is 0. The van der Waals surface area contributed by atoms with E-state index in [2.05, 4.69) is 35.2 Å². The van der Waals surface area contributed by atoms with E-state index in [0.717, 1.165) is 26.7 Å². The molecule has 4 aromatic rings. The van der Waals surface area contributed by atoms with Gasteiger partial charge in [-0.1, -0.05) is 0 Å². The van der Waals surface area contributed by atoms with E-state index < -0.39 is 0 Å². The fourth-order valence-corrected chi connectivity index (χ4v) is 4.91. The third kappa shape index (κ3) is 3.14. The van der Waals surface area contributed by atoms with Crippen LogP contribution in [0.4, 0.5) is 15.9 Å². The Kier molecular flexibility index (Phi) is 4.46. The quantitative estimate of drug-likeness (QED) is 0.311. The molecule has 1 aromatic heterocycles. The molecule has 0 radical (unpaired) electrons. The molecule has 0 aliphatic heterocycles. The maximum absolute atomic E-state index is 11.2. The normalized spacial score (nSPS) is 10.8. The van der Waals surface area contributed by atoms with Gasteiger partial charge >= 0.3 is 157 Å². The zero-order valence-corrected chi connectivity index (χ0v) is 15.7. The summed E-state index contributed by atoms with van der Waals surface area (Å²) in [6, 6.07) is 26.4. The van der Waals surface area contributed by atoms with Crippen molar-refractivity contribution < 1.29 is 4.79 Å². The molecule has 0 unspecified atom stereocenters. The van der Waals surface area contributed by atoms with Gasteiger partial charge in [-0.25, -0.2) is 0 Å². The van der Waals surface area contributed by atoms with Crippen molar-refractivity contribution in [2.45, 2.75) is 0 Å². The predicted octanol–water partition coefficient (Wildman–Crippen LogP) is 5.83. The molecule has 0 aliphatic rings. The standard InChI is InChI=1S/C21H14ClNOSe/c22-16-7-4-8-17(13-16)23(21-12-11-18(14-24)25-21)20-10-3-6-15-5-1-2-9-19(15)20/h1-14H. The summed E-state index contributed by atoms with van der Waals surface area (Å²) < 4.78 is 1.96. The van der Waals surface area contributed by atoms with Crippen molar-refractivity contribution in [1.29, 1.82) is 0 Å². The number of rotatable bonds is 4. The first kappa shape index (κ1) is 16.2. The summed E-state index contributed by atoms with van der Waals surface area (Å²) in [5, 5.41) is 3.04. The summed E-state index contributed by atoms with van der Waals surface area (Å²) in [6.07, 6.45) is 0.947. The molecule has 0 N–H and O–H groups in total. The molecule has 0 saturated heterocycles. The van der Waals surface area contributed by atoms with Crippen molar-refractivity contribution in [1.82, 2.24) is 0 Å². The van der Waals surface area contributed by atoms with Crippen LogP contribution in [-0.2, 0) is 0 Å². The molecule has 2 nitrogen and oxygen atoms in total. The van der Waals surface area contributed by atoms with Crippen LogP contribution in [-0.4, -0.2) is 20.8 Å². The summed E-state index contributed by atoms with van der Waals surface area (Å²) in [5.41, 5.74) is 2.09. The molecule has 122 valence electrons. The summed E-state index contributed by atoms with van der Waals surface area (Å²) in [6.45, 7) is 0. The van der Waals surface area contributed by atoms with E-state index in [-0.39, 0.29) is 14.5 Å². The molecule has 0 aliphatic carbocycles. The number of aldehydes is 1. The van der Waals surface area contributed by atoms with Crippen molar-refractivity contribution in [2.24, 2.45) is 0 Å². The summed E-state index contributed by atoms with van der Waals surface area (Å²) in [5.74, 6) is 0. The Labute approximate surface area is 157 Å². The predicted molar refractivity (Wildman–Crippen MR) is 106 cm³/mol. The Morgan fingerprint density at radius 3 is 2.48 bits per heavy atom. The van der Waals surface area contributed by atoms with Crippen LogP contribution in [0.3, 0.4) is 0 Å². The van der Waals surface area contributed by atoms with Gasteiger partial charge < -0.3 is 0 Å². The zero-order chi connectivity index (χ0) is 17.2. The first-order valence-electron chi connectivity index (χ1n) is 7.85. The van der Waals surface area contributed by atoms with Gasteiger partial charge in [0, 0.05) is 0 Å². The van der Waals surface area contributed by atoms with Crippen LogP contribution in [0, 0.1) is 0 Å². The fraction of sp³-hybridized carbons (Fsp3) is 0. The van der Waals surface area contributed by atoms with Gasteiger partial charge in [-0.2, -0.15) is 0 Å². The third-order valence-electron chi connectivity index (χ3n) is 4.02. The molecule has 0 spiro atoms. The van der Waals surface area contributed by atoms with Crippen LogP contribution in [0.15, 0.2) is 78.9 Å². The second kappa shape index (κ2) is 6.89. The number of anilines is 3. The minimum atomic E-state index is -0.0268. The summed E-state index contributed by atoms with van der Waals surface area (Å²) in [4.78, 5) is 13.4. The van der Waals surface area contributed by atoms with Crippen LogP contribution >= 0.6 is 11.6 Å². The molecule has 25 heavy (non-hydrogen) atoms. The van der Waals surface area contributed by atoms with E-state index >= 15 is 0 Å². The van der Waals surface area contributed by atoms with Gasteiger partial charge in [0.05, 0.1) is 0 Å². The Bertz CT molecular complexity index is 1050. The molecule has 0 saturated carbocycles. The Hall–Kier alpha value is -2.32. The number of carbonyl (C=O) groups is 1. The van der Waals surface area contributed by atoms with E-state index in [4.69, 9.17) is 11.6 Å². The van der Waals surface area contributed by atoms with Crippen molar-refractivity contribution in [3.63, 3.8) is 0 Å². The average Bonchev–Trinajstić information content (AvgIpc) is 3.11. The number of fused-ring (bicyclic) bond motifs is 1. The monoisotopic (exact) mass is 411 g/mol. The average molecular weight is 411 g/mol. The van der Waals surface area contributed by atoms with Gasteiger partial charge in [0.1, 0.15) is 0 Å². The molecule has 4 rings (SSSR count). The molecular weight excluding hydrogens is 397 g/mol. The van der Waals surface area contributed by atoms with E-state index in [0.29, 0.717) is 5.02 Å². The van der Waals surface area contributed by atoms with E-state index in [9.17, 15) is 4.79 Å². The number of carbonyl (C=O) groups excluding carboxylic acids is 1. The molecule has 0 fully saturated rings. The van der Waals surface area contributed by atoms with Crippen LogP contribution in [0.25, 0.3) is 10.8 Å². The molecule has 0 amide bonds. The number of benzene rings is 3. The molecule has 0 atom stereocenters. The first-order chi connectivity index (χ1) is 12.3. The topological polar surface area (TPSA) is 20.3 Å². The number of halogens is 1. The van der Waals surface area contributed by atoms with E-state index in [1.54, 1.807) is 0 Å². The van der Waals surface area contributed by atoms with Crippen LogP contribution < -0.4 is 4.90 Å². The third-order valence-corrected chi connectivity index (χ3v) is 6.35. The number of nitrogens with zero attached hydrogens (tertiary/aromatic N) is 1. The molecule has 3 aromatic carbocycles. The zero-order valence-electron chi connectivity index (χ0n) is 13.2. The Morgan fingerprint density at radius 1 is 0.880 bits per heavy atom. The molecular formula is C21H14ClNOSe. The second-order valence-corrected chi connectivity index (χ2v) is 8.34.